The molecule has 0 atom stereocenters. The molecule has 4 rings (SSSR count). The molecule has 12 heteroatoms. The second kappa shape index (κ2) is 11.6. The number of thioether (sulfide) groups is 1. The summed E-state index contributed by atoms with van der Waals surface area (Å²) in [5.74, 6) is 0.421. The molecular weight excluding hydrogens is 478 g/mol. The van der Waals surface area contributed by atoms with Crippen LogP contribution in [0.1, 0.15) is 16.3 Å². The Hall–Kier alpha value is -3.22. The van der Waals surface area contributed by atoms with Crippen molar-refractivity contribution < 1.29 is 9.59 Å². The Morgan fingerprint density at radius 2 is 1.55 bits per heavy atom. The van der Waals surface area contributed by atoms with Gasteiger partial charge in [0.05, 0.1) is 12.8 Å². The minimum Gasteiger partial charge on any atom is -0.300 e. The molecule has 0 unspecified atom stereocenters. The third-order valence-electron chi connectivity index (χ3n) is 4.18. The number of nitrogens with zero attached hydrogens (tertiary/aromatic N) is 5. The quantitative estimate of drug-likeness (QED) is 0.252. The summed E-state index contributed by atoms with van der Waals surface area (Å²) in [5.41, 5.74) is 1.64. The van der Waals surface area contributed by atoms with E-state index in [1.165, 1.54) is 34.4 Å². The summed E-state index contributed by atoms with van der Waals surface area (Å²) >= 11 is 4.21. The summed E-state index contributed by atoms with van der Waals surface area (Å²) in [6.45, 7) is 0. The third-order valence-corrected chi connectivity index (χ3v) is 7.05. The summed E-state index contributed by atoms with van der Waals surface area (Å²) in [5, 5.41) is 23.6. The van der Waals surface area contributed by atoms with Gasteiger partial charge in [0.25, 0.3) is 0 Å². The molecule has 0 radical (unpaired) electrons. The Morgan fingerprint density at radius 3 is 2.33 bits per heavy atom. The molecule has 33 heavy (non-hydrogen) atoms. The molecule has 0 aliphatic rings. The van der Waals surface area contributed by atoms with Crippen molar-refractivity contribution in [2.45, 2.75) is 23.6 Å². The zero-order chi connectivity index (χ0) is 22.9. The summed E-state index contributed by atoms with van der Waals surface area (Å²) in [6, 6.07) is 15.0. The molecule has 0 bridgehead atoms. The fourth-order valence-corrected chi connectivity index (χ4v) is 5.39. The average Bonchev–Trinajstić information content (AvgIpc) is 3.44. The van der Waals surface area contributed by atoms with Crippen LogP contribution in [0.4, 0.5) is 10.3 Å². The fraction of sp³-hybridized carbons (Fsp3) is 0.190. The van der Waals surface area contributed by atoms with Crippen LogP contribution in [-0.4, -0.2) is 42.9 Å². The van der Waals surface area contributed by atoms with E-state index in [0.29, 0.717) is 28.8 Å². The van der Waals surface area contributed by atoms with Gasteiger partial charge in [0, 0.05) is 24.1 Å². The molecule has 2 amide bonds. The second-order valence-electron chi connectivity index (χ2n) is 6.73. The van der Waals surface area contributed by atoms with Crippen LogP contribution < -0.4 is 10.6 Å². The van der Waals surface area contributed by atoms with Gasteiger partial charge >= 0.3 is 0 Å². The lowest BCUT2D eigenvalue weighted by Crippen LogP contribution is -2.14. The first kappa shape index (κ1) is 23.0. The first-order valence-electron chi connectivity index (χ1n) is 9.96. The standard InChI is InChI=1S/C21H19N7O2S3/c29-16(12-14-6-2-1-3-7-14)23-20-27-28-21(33-20)31-11-9-18-25-26-19(32-18)24-17(30)13-15-8-4-5-10-22-15/h1-8,10H,9,11-13H2,(H,23,27,29)(H,24,26,30). The molecule has 4 aromatic rings. The fourth-order valence-electron chi connectivity index (χ4n) is 2.72. The van der Waals surface area contributed by atoms with Gasteiger partial charge in [-0.1, -0.05) is 70.8 Å². The van der Waals surface area contributed by atoms with Crippen LogP contribution >= 0.6 is 34.4 Å². The maximum Gasteiger partial charge on any atom is 0.232 e. The van der Waals surface area contributed by atoms with E-state index in [9.17, 15) is 9.59 Å². The van der Waals surface area contributed by atoms with Crippen molar-refractivity contribution in [3.8, 4) is 0 Å². The zero-order valence-corrected chi connectivity index (χ0v) is 19.8. The van der Waals surface area contributed by atoms with E-state index in [-0.39, 0.29) is 18.2 Å². The molecule has 0 aliphatic heterocycles. The van der Waals surface area contributed by atoms with Gasteiger partial charge < -0.3 is 10.6 Å². The summed E-state index contributed by atoms with van der Waals surface area (Å²) in [4.78, 5) is 28.4. The topological polar surface area (TPSA) is 123 Å². The molecule has 1 aromatic carbocycles. The molecule has 0 spiro atoms. The minimum atomic E-state index is -0.179. The number of rotatable bonds is 10. The summed E-state index contributed by atoms with van der Waals surface area (Å²) in [7, 11) is 0. The van der Waals surface area contributed by atoms with Gasteiger partial charge in [0.2, 0.25) is 22.1 Å². The highest BCUT2D eigenvalue weighted by Crippen LogP contribution is 2.27. The Balaban J connectivity index is 1.19. The van der Waals surface area contributed by atoms with Crippen LogP contribution in [0.5, 0.6) is 0 Å². The van der Waals surface area contributed by atoms with Crippen LogP contribution in [0.2, 0.25) is 0 Å². The maximum absolute atomic E-state index is 12.1. The van der Waals surface area contributed by atoms with Gasteiger partial charge in [-0.25, -0.2) is 0 Å². The van der Waals surface area contributed by atoms with E-state index in [1.54, 1.807) is 18.3 Å². The number of aromatic nitrogens is 5. The smallest absolute Gasteiger partial charge is 0.232 e. The number of carbonyl (C=O) groups is 2. The monoisotopic (exact) mass is 497 g/mol. The van der Waals surface area contributed by atoms with Crippen LogP contribution in [0, 0.1) is 0 Å². The molecule has 0 saturated carbocycles. The highest BCUT2D eigenvalue weighted by molar-refractivity contribution is 8.01. The number of benzene rings is 1. The van der Waals surface area contributed by atoms with E-state index in [4.69, 9.17) is 0 Å². The van der Waals surface area contributed by atoms with Gasteiger partial charge in [0.1, 0.15) is 5.01 Å². The van der Waals surface area contributed by atoms with Crippen molar-refractivity contribution >= 4 is 56.5 Å². The maximum atomic E-state index is 12.1. The zero-order valence-electron chi connectivity index (χ0n) is 17.3. The number of anilines is 2. The second-order valence-corrected chi connectivity index (χ2v) is 10.1. The number of pyridine rings is 1. The first-order valence-corrected chi connectivity index (χ1v) is 12.6. The highest BCUT2D eigenvalue weighted by Gasteiger charge is 2.12. The van der Waals surface area contributed by atoms with Gasteiger partial charge in [-0.05, 0) is 17.7 Å². The molecular formula is C21H19N7O2S3. The molecule has 0 aliphatic carbocycles. The van der Waals surface area contributed by atoms with Crippen LogP contribution in [0.25, 0.3) is 0 Å². The lowest BCUT2D eigenvalue weighted by molar-refractivity contribution is -0.116. The Kier molecular flexibility index (Phi) is 8.06. The van der Waals surface area contributed by atoms with Crippen molar-refractivity contribution in [3.63, 3.8) is 0 Å². The van der Waals surface area contributed by atoms with E-state index < -0.39 is 0 Å². The van der Waals surface area contributed by atoms with E-state index in [0.717, 1.165) is 20.7 Å². The minimum absolute atomic E-state index is 0.125. The summed E-state index contributed by atoms with van der Waals surface area (Å²) < 4.78 is 0.762. The number of nitrogens with one attached hydrogen (secondary N) is 2. The number of hydrogen-bond donors (Lipinski definition) is 2. The molecule has 2 N–H and O–H groups in total. The van der Waals surface area contributed by atoms with E-state index in [2.05, 4.69) is 36.0 Å². The largest absolute Gasteiger partial charge is 0.300 e. The molecule has 168 valence electrons. The number of amides is 2. The predicted octanol–water partition coefficient (Wildman–Crippen LogP) is 3.48. The predicted molar refractivity (Wildman–Crippen MR) is 130 cm³/mol. The van der Waals surface area contributed by atoms with Crippen molar-refractivity contribution in [2.75, 3.05) is 16.4 Å². The Bertz CT molecular complexity index is 1110. The van der Waals surface area contributed by atoms with Crippen LogP contribution in [0.3, 0.4) is 0 Å². The lowest BCUT2D eigenvalue weighted by Gasteiger charge is -2.00. The van der Waals surface area contributed by atoms with Crippen molar-refractivity contribution in [2.24, 2.45) is 0 Å². The SMILES string of the molecule is O=C(Cc1ccccn1)Nc1nnc(CCSc2nnc(NC(=O)Cc3ccccc3)s2)s1. The van der Waals surface area contributed by atoms with Crippen molar-refractivity contribution in [3.05, 3.63) is 71.0 Å². The molecule has 3 aromatic heterocycles. The highest BCUT2D eigenvalue weighted by atomic mass is 32.2. The van der Waals surface area contributed by atoms with Crippen LogP contribution in [-0.2, 0) is 28.9 Å². The normalized spacial score (nSPS) is 10.7. The number of carbonyl (C=O) groups excluding carboxylic acids is 2. The van der Waals surface area contributed by atoms with Crippen molar-refractivity contribution in [1.82, 2.24) is 25.4 Å². The molecule has 3 heterocycles. The Labute approximate surface area is 202 Å². The lowest BCUT2D eigenvalue weighted by atomic mass is 10.1. The summed E-state index contributed by atoms with van der Waals surface area (Å²) in [6.07, 6.45) is 2.81. The third kappa shape index (κ3) is 7.41. The molecule has 0 fully saturated rings. The first-order chi connectivity index (χ1) is 16.1. The molecule has 9 nitrogen and oxygen atoms in total. The van der Waals surface area contributed by atoms with E-state index in [1.807, 2.05) is 36.4 Å². The van der Waals surface area contributed by atoms with Gasteiger partial charge in [-0.2, -0.15) is 0 Å². The van der Waals surface area contributed by atoms with Gasteiger partial charge in [-0.15, -0.1) is 20.4 Å². The van der Waals surface area contributed by atoms with Gasteiger partial charge in [-0.3, -0.25) is 14.6 Å². The number of aryl methyl sites for hydroxylation is 1. The number of hydrogen-bond acceptors (Lipinski definition) is 10. The average molecular weight is 498 g/mol. The molecule has 0 saturated heterocycles. The van der Waals surface area contributed by atoms with Crippen molar-refractivity contribution in [1.29, 1.82) is 0 Å². The van der Waals surface area contributed by atoms with Gasteiger partial charge in [0.15, 0.2) is 4.34 Å². The Morgan fingerprint density at radius 1 is 0.818 bits per heavy atom. The van der Waals surface area contributed by atoms with Crippen LogP contribution in [0.15, 0.2) is 59.1 Å². The van der Waals surface area contributed by atoms with E-state index >= 15 is 0 Å².